The molecule has 1 saturated heterocycles. The number of nitriles is 1. The highest BCUT2D eigenvalue weighted by molar-refractivity contribution is 6.30. The topological polar surface area (TPSA) is 103 Å². The molecule has 168 valence electrons. The van der Waals surface area contributed by atoms with Crippen molar-refractivity contribution in [3.63, 3.8) is 0 Å². The molecular formula is C23H23ClFN3O4. The van der Waals surface area contributed by atoms with Crippen LogP contribution in [0, 0.1) is 22.6 Å². The highest BCUT2D eigenvalue weighted by Gasteiger charge is 2.36. The molecule has 2 N–H and O–H groups in total. The van der Waals surface area contributed by atoms with Gasteiger partial charge in [-0.3, -0.25) is 9.59 Å². The molecule has 2 aromatic carbocycles. The molecule has 1 fully saturated rings. The number of nitrogens with zero attached hydrogens (tertiary/aromatic N) is 2. The number of piperidine rings is 1. The van der Waals surface area contributed by atoms with Gasteiger partial charge in [-0.2, -0.15) is 5.26 Å². The Morgan fingerprint density at radius 2 is 1.91 bits per heavy atom. The fourth-order valence-corrected chi connectivity index (χ4v) is 3.85. The van der Waals surface area contributed by atoms with Crippen LogP contribution in [0.3, 0.4) is 0 Å². The molecule has 1 amide bonds. The number of carboxylic acid groups (broad SMARTS) is 1. The lowest BCUT2D eigenvalue weighted by Crippen LogP contribution is -2.45. The Morgan fingerprint density at radius 1 is 1.22 bits per heavy atom. The number of ether oxygens (including phenoxy) is 1. The number of nitrogens with one attached hydrogen (secondary N) is 1. The summed E-state index contributed by atoms with van der Waals surface area (Å²) in [6.45, 7) is 0.297. The van der Waals surface area contributed by atoms with Crippen LogP contribution in [-0.4, -0.2) is 48.1 Å². The molecule has 1 aliphatic rings. The maximum Gasteiger partial charge on any atom is 0.322 e. The van der Waals surface area contributed by atoms with Crippen LogP contribution in [0.5, 0.6) is 5.75 Å². The summed E-state index contributed by atoms with van der Waals surface area (Å²) in [5.41, 5.74) is 0.675. The van der Waals surface area contributed by atoms with E-state index >= 15 is 0 Å². The van der Waals surface area contributed by atoms with E-state index in [1.54, 1.807) is 29.2 Å². The van der Waals surface area contributed by atoms with Crippen LogP contribution < -0.4 is 10.1 Å². The summed E-state index contributed by atoms with van der Waals surface area (Å²) < 4.78 is 18.8. The van der Waals surface area contributed by atoms with Gasteiger partial charge in [0.05, 0.1) is 17.2 Å². The van der Waals surface area contributed by atoms with E-state index in [-0.39, 0.29) is 24.9 Å². The number of halogens is 2. The van der Waals surface area contributed by atoms with Crippen LogP contribution in [0.2, 0.25) is 5.02 Å². The number of aliphatic carboxylic acids is 1. The predicted octanol–water partition coefficient (Wildman–Crippen LogP) is 3.73. The number of amides is 1. The molecule has 3 rings (SSSR count). The number of hydrogen-bond donors (Lipinski definition) is 2. The SMILES string of the molecule is N#CC1(Cc2ccc(F)cc2)CCN(C(=O)COc2ccc(Cl)cc2NCC(=O)O)CC1. The molecule has 2 aromatic rings. The second-order valence-electron chi connectivity index (χ2n) is 7.75. The summed E-state index contributed by atoms with van der Waals surface area (Å²) in [5.74, 6) is -1.26. The highest BCUT2D eigenvalue weighted by atomic mass is 35.5. The molecule has 1 aliphatic heterocycles. The Labute approximate surface area is 190 Å². The maximum absolute atomic E-state index is 13.1. The third-order valence-corrected chi connectivity index (χ3v) is 5.72. The maximum atomic E-state index is 13.1. The van der Waals surface area contributed by atoms with E-state index in [2.05, 4.69) is 11.4 Å². The largest absolute Gasteiger partial charge is 0.482 e. The summed E-state index contributed by atoms with van der Waals surface area (Å²) in [7, 11) is 0. The molecule has 0 aliphatic carbocycles. The third-order valence-electron chi connectivity index (χ3n) is 5.49. The zero-order valence-corrected chi connectivity index (χ0v) is 18.1. The van der Waals surface area contributed by atoms with E-state index < -0.39 is 11.4 Å². The van der Waals surface area contributed by atoms with E-state index in [4.69, 9.17) is 21.4 Å². The summed E-state index contributed by atoms with van der Waals surface area (Å²) in [4.78, 5) is 25.1. The van der Waals surface area contributed by atoms with Gasteiger partial charge in [0.1, 0.15) is 18.1 Å². The van der Waals surface area contributed by atoms with Crippen molar-refractivity contribution < 1.29 is 23.8 Å². The number of benzene rings is 2. The summed E-state index contributed by atoms with van der Waals surface area (Å²) in [5, 5.41) is 21.7. The van der Waals surface area contributed by atoms with Gasteiger partial charge in [-0.25, -0.2) is 4.39 Å². The van der Waals surface area contributed by atoms with Crippen molar-refractivity contribution in [2.75, 3.05) is 31.6 Å². The summed E-state index contributed by atoms with van der Waals surface area (Å²) >= 11 is 5.96. The first-order valence-electron chi connectivity index (χ1n) is 10.1. The number of likely N-dealkylation sites (tertiary alicyclic amines) is 1. The molecule has 0 bridgehead atoms. The second-order valence-corrected chi connectivity index (χ2v) is 8.19. The van der Waals surface area contributed by atoms with Gasteiger partial charge in [0.15, 0.2) is 6.61 Å². The van der Waals surface area contributed by atoms with Crippen molar-refractivity contribution in [1.29, 1.82) is 5.26 Å². The Bertz CT molecular complexity index is 1010. The highest BCUT2D eigenvalue weighted by Crippen LogP contribution is 2.35. The minimum absolute atomic E-state index is 0.221. The average molecular weight is 460 g/mol. The lowest BCUT2D eigenvalue weighted by molar-refractivity contribution is -0.136. The molecule has 0 radical (unpaired) electrons. The monoisotopic (exact) mass is 459 g/mol. The molecule has 0 unspecified atom stereocenters. The minimum atomic E-state index is -1.04. The molecule has 0 aromatic heterocycles. The molecule has 0 saturated carbocycles. The number of hydrogen-bond acceptors (Lipinski definition) is 5. The van der Waals surface area contributed by atoms with Gasteiger partial charge >= 0.3 is 5.97 Å². The molecule has 9 heteroatoms. The molecule has 0 atom stereocenters. The van der Waals surface area contributed by atoms with Crippen molar-refractivity contribution in [1.82, 2.24) is 4.90 Å². The number of rotatable bonds is 8. The zero-order chi connectivity index (χ0) is 23.1. The van der Waals surface area contributed by atoms with Crippen molar-refractivity contribution in [3.8, 4) is 11.8 Å². The third kappa shape index (κ3) is 6.11. The van der Waals surface area contributed by atoms with Crippen molar-refractivity contribution in [2.45, 2.75) is 19.3 Å². The fourth-order valence-electron chi connectivity index (χ4n) is 3.67. The molecule has 32 heavy (non-hydrogen) atoms. The van der Waals surface area contributed by atoms with Crippen LogP contribution in [0.4, 0.5) is 10.1 Å². The van der Waals surface area contributed by atoms with E-state index in [1.807, 2.05) is 0 Å². The normalized spacial score (nSPS) is 15.0. The molecule has 0 spiro atoms. The first-order valence-corrected chi connectivity index (χ1v) is 10.5. The summed E-state index contributed by atoms with van der Waals surface area (Å²) in [6, 6.07) is 13.2. The smallest absolute Gasteiger partial charge is 0.322 e. The minimum Gasteiger partial charge on any atom is -0.482 e. The number of carbonyl (C=O) groups excluding carboxylic acids is 1. The Hall–Kier alpha value is -3.31. The van der Waals surface area contributed by atoms with E-state index in [0.717, 1.165) is 5.56 Å². The summed E-state index contributed by atoms with van der Waals surface area (Å²) in [6.07, 6.45) is 1.53. The van der Waals surface area contributed by atoms with Gasteiger partial charge in [0, 0.05) is 18.1 Å². The van der Waals surface area contributed by atoms with Crippen LogP contribution >= 0.6 is 11.6 Å². The van der Waals surface area contributed by atoms with Gasteiger partial charge in [0.25, 0.3) is 5.91 Å². The van der Waals surface area contributed by atoms with Gasteiger partial charge in [-0.05, 0) is 55.2 Å². The molecule has 1 heterocycles. The van der Waals surface area contributed by atoms with Crippen molar-refractivity contribution >= 4 is 29.2 Å². The first-order chi connectivity index (χ1) is 15.3. The van der Waals surface area contributed by atoms with Gasteiger partial charge in [0.2, 0.25) is 0 Å². The molecular weight excluding hydrogens is 437 g/mol. The van der Waals surface area contributed by atoms with Crippen molar-refractivity contribution in [2.24, 2.45) is 5.41 Å². The fraction of sp³-hybridized carbons (Fsp3) is 0.348. The van der Waals surface area contributed by atoms with Crippen LogP contribution in [0.15, 0.2) is 42.5 Å². The van der Waals surface area contributed by atoms with Crippen molar-refractivity contribution in [3.05, 3.63) is 58.9 Å². The Kier molecular flexibility index (Phi) is 7.54. The van der Waals surface area contributed by atoms with Crippen LogP contribution in [0.1, 0.15) is 18.4 Å². The number of carbonyl (C=O) groups is 2. The lowest BCUT2D eigenvalue weighted by Gasteiger charge is -2.37. The zero-order valence-electron chi connectivity index (χ0n) is 17.3. The van der Waals surface area contributed by atoms with Crippen LogP contribution in [0.25, 0.3) is 0 Å². The van der Waals surface area contributed by atoms with E-state index in [9.17, 15) is 19.2 Å². The van der Waals surface area contributed by atoms with E-state index in [1.165, 1.54) is 18.2 Å². The Morgan fingerprint density at radius 3 is 2.53 bits per heavy atom. The quantitative estimate of drug-likeness (QED) is 0.623. The second kappa shape index (κ2) is 10.3. The number of anilines is 1. The lowest BCUT2D eigenvalue weighted by atomic mass is 9.75. The average Bonchev–Trinajstić information content (AvgIpc) is 2.79. The predicted molar refractivity (Wildman–Crippen MR) is 117 cm³/mol. The number of carboxylic acids is 1. The molecule has 7 nitrogen and oxygen atoms in total. The van der Waals surface area contributed by atoms with Crippen LogP contribution in [-0.2, 0) is 16.0 Å². The van der Waals surface area contributed by atoms with Gasteiger partial charge < -0.3 is 20.1 Å². The van der Waals surface area contributed by atoms with E-state index in [0.29, 0.717) is 48.8 Å². The van der Waals surface area contributed by atoms with Gasteiger partial charge in [-0.15, -0.1) is 0 Å². The standard InChI is InChI=1S/C23H23ClFN3O4/c24-17-3-6-20(19(11-17)27-13-22(30)31)32-14-21(29)28-9-7-23(15-26,8-10-28)12-16-1-4-18(25)5-2-16/h1-6,11,27H,7-10,12-14H2,(H,30,31). The van der Waals surface area contributed by atoms with Gasteiger partial charge in [-0.1, -0.05) is 23.7 Å². The first kappa shape index (κ1) is 23.4. The Balaban J connectivity index is 1.56.